The molecule has 0 saturated carbocycles. The monoisotopic (exact) mass is 346 g/mol. The van der Waals surface area contributed by atoms with E-state index in [1.807, 2.05) is 18.7 Å². The Balaban J connectivity index is 1.78. The van der Waals surface area contributed by atoms with E-state index in [-0.39, 0.29) is 11.9 Å². The Morgan fingerprint density at radius 2 is 2.00 bits per heavy atom. The summed E-state index contributed by atoms with van der Waals surface area (Å²) in [6, 6.07) is 8.65. The summed E-state index contributed by atoms with van der Waals surface area (Å²) in [4.78, 5) is 18.0. The molecule has 0 aliphatic carbocycles. The first-order valence-corrected chi connectivity index (χ1v) is 9.06. The molecule has 1 fully saturated rings. The molecule has 1 unspecified atom stereocenters. The average Bonchev–Trinajstić information content (AvgIpc) is 3.12. The van der Waals surface area contributed by atoms with Crippen molar-refractivity contribution in [1.82, 2.24) is 15.5 Å². The molecule has 1 saturated heterocycles. The summed E-state index contributed by atoms with van der Waals surface area (Å²) >= 11 is 0. The fraction of sp³-hybridized carbons (Fsp3) is 0.579. The van der Waals surface area contributed by atoms with Crippen molar-refractivity contribution >= 4 is 11.9 Å². The third kappa shape index (κ3) is 6.05. The number of rotatable bonds is 7. The topological polar surface area (TPSA) is 66.0 Å². The second-order valence-corrected chi connectivity index (χ2v) is 6.20. The molecule has 6 nitrogen and oxygen atoms in total. The van der Waals surface area contributed by atoms with Crippen LogP contribution in [0.4, 0.5) is 0 Å². The molecule has 1 heterocycles. The third-order valence-electron chi connectivity index (χ3n) is 4.36. The molecule has 25 heavy (non-hydrogen) atoms. The third-order valence-corrected chi connectivity index (χ3v) is 4.36. The molecule has 1 atom stereocenters. The maximum Gasteiger partial charge on any atom is 0.222 e. The van der Waals surface area contributed by atoms with Crippen LogP contribution in [0.2, 0.25) is 0 Å². The van der Waals surface area contributed by atoms with Gasteiger partial charge in [0.15, 0.2) is 5.96 Å². The predicted octanol–water partition coefficient (Wildman–Crippen LogP) is 1.90. The summed E-state index contributed by atoms with van der Waals surface area (Å²) < 4.78 is 5.41. The quantitative estimate of drug-likeness (QED) is 0.585. The molecule has 1 amide bonds. The minimum absolute atomic E-state index is 0.222. The highest BCUT2D eigenvalue weighted by atomic mass is 16.5. The Kier molecular flexibility index (Phi) is 7.73. The maximum atomic E-state index is 11.8. The Hall–Kier alpha value is -2.08. The summed E-state index contributed by atoms with van der Waals surface area (Å²) in [7, 11) is 1.77. The van der Waals surface area contributed by atoms with Crippen LogP contribution in [0.1, 0.15) is 37.8 Å². The number of likely N-dealkylation sites (tertiary alicyclic amines) is 1. The Morgan fingerprint density at radius 3 is 2.64 bits per heavy atom. The second-order valence-electron chi connectivity index (χ2n) is 6.20. The van der Waals surface area contributed by atoms with Gasteiger partial charge in [0.2, 0.25) is 5.91 Å². The lowest BCUT2D eigenvalue weighted by molar-refractivity contribution is -0.129. The highest BCUT2D eigenvalue weighted by Gasteiger charge is 2.25. The first-order chi connectivity index (χ1) is 12.2. The number of hydrogen-bond donors (Lipinski definition) is 2. The lowest BCUT2D eigenvalue weighted by Crippen LogP contribution is -2.44. The Labute approximate surface area is 150 Å². The lowest BCUT2D eigenvalue weighted by atomic mass is 10.1. The molecule has 1 aromatic carbocycles. The van der Waals surface area contributed by atoms with Crippen LogP contribution in [-0.4, -0.2) is 49.6 Å². The number of carbonyl (C=O) groups excluding carboxylic acids is 1. The van der Waals surface area contributed by atoms with Gasteiger partial charge in [0.25, 0.3) is 0 Å². The van der Waals surface area contributed by atoms with Gasteiger partial charge in [0, 0.05) is 45.8 Å². The van der Waals surface area contributed by atoms with Crippen molar-refractivity contribution in [3.05, 3.63) is 35.4 Å². The van der Waals surface area contributed by atoms with Crippen molar-refractivity contribution in [1.29, 1.82) is 0 Å². The molecular formula is C19H30N4O2. The molecule has 0 radical (unpaired) electrons. The van der Waals surface area contributed by atoms with Gasteiger partial charge in [-0.1, -0.05) is 31.2 Å². The molecule has 0 spiro atoms. The van der Waals surface area contributed by atoms with Gasteiger partial charge in [0.05, 0.1) is 6.61 Å². The number of aliphatic imine (C=N–C) groups is 1. The fourth-order valence-electron chi connectivity index (χ4n) is 2.88. The first kappa shape index (κ1) is 19.2. The zero-order valence-corrected chi connectivity index (χ0v) is 15.5. The molecule has 6 heteroatoms. The molecular weight excluding hydrogens is 316 g/mol. The molecule has 0 aromatic heterocycles. The number of guanidine groups is 1. The van der Waals surface area contributed by atoms with Crippen molar-refractivity contribution in [3.8, 4) is 0 Å². The van der Waals surface area contributed by atoms with Crippen molar-refractivity contribution in [3.63, 3.8) is 0 Å². The van der Waals surface area contributed by atoms with Crippen LogP contribution in [0.5, 0.6) is 0 Å². The summed E-state index contributed by atoms with van der Waals surface area (Å²) in [6.07, 6.45) is 1.53. The highest BCUT2D eigenvalue weighted by molar-refractivity contribution is 5.80. The first-order valence-electron chi connectivity index (χ1n) is 9.06. The van der Waals surface area contributed by atoms with E-state index in [4.69, 9.17) is 4.74 Å². The van der Waals surface area contributed by atoms with E-state index < -0.39 is 0 Å². The zero-order valence-electron chi connectivity index (χ0n) is 15.5. The standard InChI is InChI=1S/C19H30N4O2/c1-4-18(24)23-11-10-17(13-23)22-19(20-3)21-12-15-6-8-16(9-7-15)14-25-5-2/h6-9,17H,4-5,10-14H2,1-3H3,(H2,20,21,22). The van der Waals surface area contributed by atoms with Gasteiger partial charge in [0.1, 0.15) is 0 Å². The van der Waals surface area contributed by atoms with Gasteiger partial charge in [-0.3, -0.25) is 9.79 Å². The van der Waals surface area contributed by atoms with Gasteiger partial charge >= 0.3 is 0 Å². The van der Waals surface area contributed by atoms with Gasteiger partial charge in [-0.2, -0.15) is 0 Å². The smallest absolute Gasteiger partial charge is 0.222 e. The number of ether oxygens (including phenoxy) is 1. The van der Waals surface area contributed by atoms with Crippen molar-refractivity contribution in [2.24, 2.45) is 4.99 Å². The summed E-state index contributed by atoms with van der Waals surface area (Å²) in [5.74, 6) is 0.994. The molecule has 1 aliphatic heterocycles. The molecule has 0 bridgehead atoms. The minimum atomic E-state index is 0.222. The summed E-state index contributed by atoms with van der Waals surface area (Å²) in [5.41, 5.74) is 2.37. The summed E-state index contributed by atoms with van der Waals surface area (Å²) in [6.45, 7) is 7.57. The SMILES string of the molecule is CCOCc1ccc(CNC(=NC)NC2CCN(C(=O)CC)C2)cc1. The lowest BCUT2D eigenvalue weighted by Gasteiger charge is -2.18. The summed E-state index contributed by atoms with van der Waals surface area (Å²) in [5, 5.41) is 6.75. The largest absolute Gasteiger partial charge is 0.377 e. The van der Waals surface area contributed by atoms with Crippen LogP contribution >= 0.6 is 0 Å². The van der Waals surface area contributed by atoms with Gasteiger partial charge in [-0.25, -0.2) is 0 Å². The van der Waals surface area contributed by atoms with Gasteiger partial charge in [-0.05, 0) is 24.5 Å². The van der Waals surface area contributed by atoms with E-state index in [0.717, 1.165) is 32.1 Å². The van der Waals surface area contributed by atoms with E-state index >= 15 is 0 Å². The van der Waals surface area contributed by atoms with Crippen LogP contribution in [0, 0.1) is 0 Å². The number of amides is 1. The van der Waals surface area contributed by atoms with Crippen LogP contribution in [0.25, 0.3) is 0 Å². The van der Waals surface area contributed by atoms with Crippen LogP contribution in [0.3, 0.4) is 0 Å². The number of nitrogens with one attached hydrogen (secondary N) is 2. The maximum absolute atomic E-state index is 11.8. The zero-order chi connectivity index (χ0) is 18.1. The van der Waals surface area contributed by atoms with Crippen molar-refractivity contribution in [2.75, 3.05) is 26.7 Å². The molecule has 2 N–H and O–H groups in total. The van der Waals surface area contributed by atoms with Crippen molar-refractivity contribution < 1.29 is 9.53 Å². The molecule has 1 aromatic rings. The molecule has 2 rings (SSSR count). The minimum Gasteiger partial charge on any atom is -0.377 e. The van der Waals surface area contributed by atoms with Gasteiger partial charge in [-0.15, -0.1) is 0 Å². The average molecular weight is 346 g/mol. The number of hydrogen-bond acceptors (Lipinski definition) is 3. The molecule has 138 valence electrons. The highest BCUT2D eigenvalue weighted by Crippen LogP contribution is 2.10. The van der Waals surface area contributed by atoms with Crippen molar-refractivity contribution in [2.45, 2.75) is 45.9 Å². The van der Waals surface area contributed by atoms with E-state index in [9.17, 15) is 4.79 Å². The fourth-order valence-corrected chi connectivity index (χ4v) is 2.88. The van der Waals surface area contributed by atoms with Gasteiger partial charge < -0.3 is 20.3 Å². The Bertz CT molecular complexity index is 571. The number of benzene rings is 1. The van der Waals surface area contributed by atoms with E-state index in [2.05, 4.69) is 39.9 Å². The molecule has 1 aliphatic rings. The normalized spacial score (nSPS) is 17.6. The van der Waals surface area contributed by atoms with E-state index in [1.165, 1.54) is 11.1 Å². The number of carbonyl (C=O) groups is 1. The van der Waals surface area contributed by atoms with E-state index in [1.54, 1.807) is 7.05 Å². The predicted molar refractivity (Wildman–Crippen MR) is 100 cm³/mol. The second kappa shape index (κ2) is 10.0. The Morgan fingerprint density at radius 1 is 1.28 bits per heavy atom. The number of nitrogens with zero attached hydrogens (tertiary/aromatic N) is 2. The van der Waals surface area contributed by atoms with Crippen LogP contribution in [0.15, 0.2) is 29.3 Å². The van der Waals surface area contributed by atoms with E-state index in [0.29, 0.717) is 19.6 Å². The van der Waals surface area contributed by atoms with Crippen LogP contribution in [-0.2, 0) is 22.7 Å². The van der Waals surface area contributed by atoms with Crippen LogP contribution < -0.4 is 10.6 Å².